The summed E-state index contributed by atoms with van der Waals surface area (Å²) in [6.45, 7) is 4.14. The van der Waals surface area contributed by atoms with Crippen LogP contribution in [-0.2, 0) is 0 Å². The molecule has 0 bridgehead atoms. The fraction of sp³-hybridized carbons (Fsp3) is 0.464. The van der Waals surface area contributed by atoms with Gasteiger partial charge in [0.2, 0.25) is 5.88 Å². The Balaban J connectivity index is 1.60. The number of allylic oxidation sites excluding steroid dienone is 2. The molecule has 1 aliphatic heterocycles. The summed E-state index contributed by atoms with van der Waals surface area (Å²) in [5, 5.41) is 12.6. The summed E-state index contributed by atoms with van der Waals surface area (Å²) in [6, 6.07) is 6.74. The van der Waals surface area contributed by atoms with E-state index >= 15 is 0 Å². The number of halogens is 1. The molecule has 0 unspecified atom stereocenters. The second kappa shape index (κ2) is 11.7. The first-order chi connectivity index (χ1) is 17.8. The van der Waals surface area contributed by atoms with Crippen LogP contribution in [0.15, 0.2) is 42.6 Å². The number of pyridine rings is 1. The molecule has 9 heteroatoms. The first kappa shape index (κ1) is 26.6. The third kappa shape index (κ3) is 6.28. The minimum Gasteiger partial charge on any atom is -0.472 e. The van der Waals surface area contributed by atoms with Gasteiger partial charge in [-0.2, -0.15) is 0 Å². The standard InChI is InChI=1S/C28H35FN4O4/c1-18-15-33(19(2)17-34)27(35)24-12-21(20-8-5-4-6-9-20)14-30-26(24)37-25(18)16-32(3)28(36)31-23-11-7-10-22(29)13-23/h7-8,10-14,18-19,25,34H,4-6,9,15-17H2,1-3H3,(H,31,36)/t18-,19-,25-/m0/s1. The highest BCUT2D eigenvalue weighted by molar-refractivity contribution is 5.97. The molecule has 0 fully saturated rings. The fourth-order valence-corrected chi connectivity index (χ4v) is 4.73. The average molecular weight is 511 g/mol. The van der Waals surface area contributed by atoms with Crippen LogP contribution in [0.4, 0.5) is 14.9 Å². The number of fused-ring (bicyclic) bond motifs is 1. The summed E-state index contributed by atoms with van der Waals surface area (Å²) in [7, 11) is 1.63. The molecule has 2 N–H and O–H groups in total. The molecule has 2 aliphatic rings. The average Bonchev–Trinajstić information content (AvgIpc) is 2.90. The molecule has 0 saturated heterocycles. The van der Waals surface area contributed by atoms with E-state index in [2.05, 4.69) is 16.4 Å². The highest BCUT2D eigenvalue weighted by Gasteiger charge is 2.35. The predicted octanol–water partition coefficient (Wildman–Crippen LogP) is 4.56. The molecule has 0 spiro atoms. The van der Waals surface area contributed by atoms with E-state index in [1.165, 1.54) is 28.7 Å². The van der Waals surface area contributed by atoms with Gasteiger partial charge < -0.3 is 25.0 Å². The molecule has 2 heterocycles. The molecule has 37 heavy (non-hydrogen) atoms. The number of benzene rings is 1. The quantitative estimate of drug-likeness (QED) is 0.594. The zero-order valence-electron chi connectivity index (χ0n) is 21.6. The number of anilines is 1. The molecule has 1 aromatic carbocycles. The Morgan fingerprint density at radius 2 is 2.16 bits per heavy atom. The highest BCUT2D eigenvalue weighted by atomic mass is 19.1. The predicted molar refractivity (Wildman–Crippen MR) is 140 cm³/mol. The summed E-state index contributed by atoms with van der Waals surface area (Å²) in [5.74, 6) is -0.620. The van der Waals surface area contributed by atoms with Crippen LogP contribution in [0.5, 0.6) is 5.88 Å². The number of aliphatic hydroxyl groups is 1. The number of rotatable bonds is 6. The third-order valence-corrected chi connectivity index (χ3v) is 7.06. The van der Waals surface area contributed by atoms with Gasteiger partial charge in [-0.25, -0.2) is 14.2 Å². The second-order valence-electron chi connectivity index (χ2n) is 10.00. The van der Waals surface area contributed by atoms with Gasteiger partial charge in [0, 0.05) is 31.4 Å². The number of hydrogen-bond acceptors (Lipinski definition) is 5. The Kier molecular flexibility index (Phi) is 8.43. The Bertz CT molecular complexity index is 1170. The van der Waals surface area contributed by atoms with E-state index < -0.39 is 24.0 Å². The maximum atomic E-state index is 13.6. The lowest BCUT2D eigenvalue weighted by Gasteiger charge is -2.37. The number of nitrogens with zero attached hydrogens (tertiary/aromatic N) is 3. The molecule has 0 saturated carbocycles. The minimum absolute atomic E-state index is 0.168. The van der Waals surface area contributed by atoms with E-state index in [9.17, 15) is 19.1 Å². The van der Waals surface area contributed by atoms with Crippen molar-refractivity contribution in [1.82, 2.24) is 14.8 Å². The number of carbonyl (C=O) groups is 2. The number of amides is 3. The molecule has 2 aromatic rings. The molecule has 198 valence electrons. The van der Waals surface area contributed by atoms with Gasteiger partial charge in [-0.1, -0.05) is 19.1 Å². The molecule has 3 atom stereocenters. The second-order valence-corrected chi connectivity index (χ2v) is 10.00. The Morgan fingerprint density at radius 1 is 1.35 bits per heavy atom. The van der Waals surface area contributed by atoms with Gasteiger partial charge in [0.25, 0.3) is 5.91 Å². The normalized spacial score (nSPS) is 20.6. The molecule has 3 amide bonds. The Morgan fingerprint density at radius 3 is 2.86 bits per heavy atom. The van der Waals surface area contributed by atoms with Gasteiger partial charge in [0.1, 0.15) is 17.5 Å². The van der Waals surface area contributed by atoms with Crippen molar-refractivity contribution in [1.29, 1.82) is 0 Å². The SMILES string of the molecule is C[C@H]1CN([C@@H](C)CO)C(=O)c2cc(C3=CCCCC3)cnc2O[C@H]1CN(C)C(=O)Nc1cccc(F)c1. The van der Waals surface area contributed by atoms with Gasteiger partial charge in [-0.15, -0.1) is 0 Å². The van der Waals surface area contributed by atoms with E-state index in [1.807, 2.05) is 13.0 Å². The van der Waals surface area contributed by atoms with Crippen molar-refractivity contribution in [3.8, 4) is 5.88 Å². The number of urea groups is 1. The molecule has 4 rings (SSSR count). The van der Waals surface area contributed by atoms with Gasteiger partial charge in [0.05, 0.1) is 19.2 Å². The summed E-state index contributed by atoms with van der Waals surface area (Å²) in [6.07, 6.45) is 7.68. The van der Waals surface area contributed by atoms with Crippen LogP contribution >= 0.6 is 0 Å². The number of carbonyl (C=O) groups excluding carboxylic acids is 2. The van der Waals surface area contributed by atoms with Crippen molar-refractivity contribution in [2.24, 2.45) is 5.92 Å². The summed E-state index contributed by atoms with van der Waals surface area (Å²) in [5.41, 5.74) is 2.79. The van der Waals surface area contributed by atoms with E-state index in [1.54, 1.807) is 31.1 Å². The first-order valence-electron chi connectivity index (χ1n) is 12.8. The lowest BCUT2D eigenvalue weighted by Crippen LogP contribution is -2.50. The number of ether oxygens (including phenoxy) is 1. The van der Waals surface area contributed by atoms with Crippen LogP contribution in [0.3, 0.4) is 0 Å². The lowest BCUT2D eigenvalue weighted by atomic mass is 9.93. The zero-order chi connectivity index (χ0) is 26.5. The minimum atomic E-state index is -0.476. The summed E-state index contributed by atoms with van der Waals surface area (Å²) < 4.78 is 19.8. The van der Waals surface area contributed by atoms with Gasteiger partial charge in [0.15, 0.2) is 0 Å². The van der Waals surface area contributed by atoms with Crippen LogP contribution in [0, 0.1) is 11.7 Å². The largest absolute Gasteiger partial charge is 0.472 e. The van der Waals surface area contributed by atoms with Gasteiger partial charge in [-0.3, -0.25) is 4.79 Å². The molecule has 1 aliphatic carbocycles. The van der Waals surface area contributed by atoms with Crippen LogP contribution in [0.25, 0.3) is 5.57 Å². The van der Waals surface area contributed by atoms with E-state index in [4.69, 9.17) is 4.74 Å². The monoisotopic (exact) mass is 510 g/mol. The summed E-state index contributed by atoms with van der Waals surface area (Å²) >= 11 is 0. The van der Waals surface area contributed by atoms with E-state index in [-0.39, 0.29) is 30.9 Å². The van der Waals surface area contributed by atoms with Gasteiger partial charge >= 0.3 is 6.03 Å². The van der Waals surface area contributed by atoms with Crippen LogP contribution < -0.4 is 10.1 Å². The van der Waals surface area contributed by atoms with Crippen molar-refractivity contribution in [2.45, 2.75) is 51.7 Å². The molecule has 8 nitrogen and oxygen atoms in total. The maximum Gasteiger partial charge on any atom is 0.321 e. The Labute approximate surface area is 217 Å². The van der Waals surface area contributed by atoms with Crippen LogP contribution in [0.2, 0.25) is 0 Å². The van der Waals surface area contributed by atoms with Crippen LogP contribution in [-0.4, -0.2) is 70.7 Å². The molecular formula is C28H35FN4O4. The van der Waals surface area contributed by atoms with E-state index in [0.29, 0.717) is 17.8 Å². The lowest BCUT2D eigenvalue weighted by molar-refractivity contribution is 0.0356. The smallest absolute Gasteiger partial charge is 0.321 e. The third-order valence-electron chi connectivity index (χ3n) is 7.06. The highest BCUT2D eigenvalue weighted by Crippen LogP contribution is 2.32. The summed E-state index contributed by atoms with van der Waals surface area (Å²) in [4.78, 5) is 34.1. The fourth-order valence-electron chi connectivity index (χ4n) is 4.73. The van der Waals surface area contributed by atoms with Crippen molar-refractivity contribution < 1.29 is 23.8 Å². The zero-order valence-corrected chi connectivity index (χ0v) is 21.6. The topological polar surface area (TPSA) is 95.0 Å². The molecule has 0 radical (unpaired) electrons. The molecular weight excluding hydrogens is 475 g/mol. The maximum absolute atomic E-state index is 13.6. The van der Waals surface area contributed by atoms with Crippen molar-refractivity contribution >= 4 is 23.2 Å². The number of aliphatic hydroxyl groups excluding tert-OH is 1. The number of hydrogen-bond donors (Lipinski definition) is 2. The Hall–Kier alpha value is -3.46. The van der Waals surface area contributed by atoms with E-state index in [0.717, 1.165) is 31.2 Å². The number of aromatic nitrogens is 1. The van der Waals surface area contributed by atoms with Crippen molar-refractivity contribution in [3.63, 3.8) is 0 Å². The van der Waals surface area contributed by atoms with Crippen molar-refractivity contribution in [2.75, 3.05) is 32.1 Å². The van der Waals surface area contributed by atoms with Crippen molar-refractivity contribution in [3.05, 3.63) is 59.5 Å². The number of nitrogens with one attached hydrogen (secondary N) is 1. The van der Waals surface area contributed by atoms with Crippen LogP contribution in [0.1, 0.15) is 55.5 Å². The number of likely N-dealkylation sites (N-methyl/N-ethyl adjacent to an activating group) is 1. The molecule has 1 aromatic heterocycles. The van der Waals surface area contributed by atoms with Gasteiger partial charge in [-0.05, 0) is 68.0 Å². The first-order valence-corrected chi connectivity index (χ1v) is 12.8.